The molecule has 0 aliphatic rings. The zero-order valence-electron chi connectivity index (χ0n) is 12.9. The first-order chi connectivity index (χ1) is 11.5. The summed E-state index contributed by atoms with van der Waals surface area (Å²) in [5.74, 6) is 0.389. The van der Waals surface area contributed by atoms with E-state index in [0.29, 0.717) is 29.0 Å². The van der Waals surface area contributed by atoms with Gasteiger partial charge in [0.05, 0.1) is 20.9 Å². The van der Waals surface area contributed by atoms with Gasteiger partial charge in [-0.2, -0.15) is 5.10 Å². The Bertz CT molecular complexity index is 882. The maximum Gasteiger partial charge on any atom is 0.276 e. The second kappa shape index (κ2) is 7.25. The minimum absolute atomic E-state index is 0.106. The molecule has 0 amide bonds. The van der Waals surface area contributed by atoms with Crippen LogP contribution in [0.5, 0.6) is 0 Å². The fourth-order valence-corrected chi connectivity index (χ4v) is 3.35. The van der Waals surface area contributed by atoms with Gasteiger partial charge in [-0.3, -0.25) is 4.68 Å². The van der Waals surface area contributed by atoms with Crippen LogP contribution in [0.4, 0.5) is 4.39 Å². The standard InChI is InChI=1S/C15H13BrClFN4OS/c1-8-13(16)9(2)22(21-8)6-12-19-20-15(23-12)24-7-10-4-3-5-11(17)14(10)18/h3-5H,6-7H2,1-2H3. The van der Waals surface area contributed by atoms with Crippen molar-refractivity contribution in [2.24, 2.45) is 0 Å². The van der Waals surface area contributed by atoms with Crippen LogP contribution in [0.3, 0.4) is 0 Å². The minimum atomic E-state index is -0.418. The first kappa shape index (κ1) is 17.4. The molecule has 0 aliphatic heterocycles. The van der Waals surface area contributed by atoms with Gasteiger partial charge in [0.25, 0.3) is 5.22 Å². The van der Waals surface area contributed by atoms with Crippen molar-refractivity contribution in [2.75, 3.05) is 0 Å². The van der Waals surface area contributed by atoms with Crippen LogP contribution < -0.4 is 0 Å². The van der Waals surface area contributed by atoms with Gasteiger partial charge in [0.2, 0.25) is 5.89 Å². The largest absolute Gasteiger partial charge is 0.414 e. The second-order valence-corrected chi connectivity index (χ2v) is 7.23. The Balaban J connectivity index is 1.67. The van der Waals surface area contributed by atoms with Crippen molar-refractivity contribution in [3.8, 4) is 0 Å². The molecule has 0 N–H and O–H groups in total. The summed E-state index contributed by atoms with van der Waals surface area (Å²) in [6.07, 6.45) is 0. The molecule has 5 nitrogen and oxygen atoms in total. The van der Waals surface area contributed by atoms with Gasteiger partial charge in [-0.05, 0) is 41.4 Å². The van der Waals surface area contributed by atoms with E-state index in [9.17, 15) is 4.39 Å². The van der Waals surface area contributed by atoms with Crippen molar-refractivity contribution in [1.29, 1.82) is 0 Å². The van der Waals surface area contributed by atoms with Gasteiger partial charge in [-0.15, -0.1) is 10.2 Å². The van der Waals surface area contributed by atoms with E-state index in [1.807, 2.05) is 13.8 Å². The second-order valence-electron chi connectivity index (χ2n) is 5.11. The lowest BCUT2D eigenvalue weighted by Gasteiger charge is -2.02. The average molecular weight is 432 g/mol. The summed E-state index contributed by atoms with van der Waals surface area (Å²) in [5, 5.41) is 12.9. The highest BCUT2D eigenvalue weighted by Gasteiger charge is 2.14. The molecule has 0 aliphatic carbocycles. The molecule has 1 aromatic carbocycles. The van der Waals surface area contributed by atoms with Gasteiger partial charge in [0, 0.05) is 5.75 Å². The molecule has 0 unspecified atom stereocenters. The normalized spacial score (nSPS) is 11.2. The van der Waals surface area contributed by atoms with Crippen LogP contribution >= 0.6 is 39.3 Å². The molecule has 0 spiro atoms. The van der Waals surface area contributed by atoms with Crippen molar-refractivity contribution in [3.63, 3.8) is 0 Å². The molecule has 0 radical (unpaired) electrons. The Hall–Kier alpha value is -1.38. The van der Waals surface area contributed by atoms with Crippen LogP contribution in [0, 0.1) is 19.7 Å². The van der Waals surface area contributed by atoms with Gasteiger partial charge < -0.3 is 4.42 Å². The fraction of sp³-hybridized carbons (Fsp3) is 0.267. The SMILES string of the molecule is Cc1nn(Cc2nnc(SCc3cccc(Cl)c3F)o2)c(C)c1Br. The van der Waals surface area contributed by atoms with Gasteiger partial charge in [-0.25, -0.2) is 4.39 Å². The highest BCUT2D eigenvalue weighted by atomic mass is 79.9. The molecule has 24 heavy (non-hydrogen) atoms. The van der Waals surface area contributed by atoms with E-state index in [0.717, 1.165) is 15.9 Å². The van der Waals surface area contributed by atoms with Gasteiger partial charge in [-0.1, -0.05) is 35.5 Å². The lowest BCUT2D eigenvalue weighted by atomic mass is 10.2. The molecule has 3 rings (SSSR count). The van der Waals surface area contributed by atoms with Crippen LogP contribution in [-0.2, 0) is 12.3 Å². The Morgan fingerprint density at radius 1 is 1.33 bits per heavy atom. The molecule has 0 atom stereocenters. The molecule has 0 saturated carbocycles. The number of thioether (sulfide) groups is 1. The third-order valence-electron chi connectivity index (χ3n) is 3.41. The van der Waals surface area contributed by atoms with E-state index in [4.69, 9.17) is 16.0 Å². The number of hydrogen-bond acceptors (Lipinski definition) is 5. The molecule has 0 fully saturated rings. The Morgan fingerprint density at radius 3 is 2.83 bits per heavy atom. The minimum Gasteiger partial charge on any atom is -0.414 e. The third-order valence-corrected chi connectivity index (χ3v) is 5.72. The molecular weight excluding hydrogens is 419 g/mol. The van der Waals surface area contributed by atoms with Crippen molar-refractivity contribution in [2.45, 2.75) is 31.4 Å². The number of benzene rings is 1. The quantitative estimate of drug-likeness (QED) is 0.544. The zero-order valence-corrected chi connectivity index (χ0v) is 16.0. The lowest BCUT2D eigenvalue weighted by Crippen LogP contribution is -2.04. The number of aryl methyl sites for hydroxylation is 1. The molecule has 126 valence electrons. The van der Waals surface area contributed by atoms with Crippen molar-refractivity contribution >= 4 is 39.3 Å². The predicted molar refractivity (Wildman–Crippen MR) is 93.8 cm³/mol. The van der Waals surface area contributed by atoms with Crippen molar-refractivity contribution in [3.05, 3.63) is 56.4 Å². The molecular formula is C15H13BrClFN4OS. The highest BCUT2D eigenvalue weighted by Crippen LogP contribution is 2.26. The number of nitrogens with zero attached hydrogens (tertiary/aromatic N) is 4. The predicted octanol–water partition coefficient (Wildman–Crippen LogP) is 4.78. The van der Waals surface area contributed by atoms with Crippen LogP contribution in [-0.4, -0.2) is 20.0 Å². The van der Waals surface area contributed by atoms with Gasteiger partial charge in [0.1, 0.15) is 12.4 Å². The summed E-state index contributed by atoms with van der Waals surface area (Å²) in [6, 6.07) is 4.91. The number of halogens is 3. The first-order valence-electron chi connectivity index (χ1n) is 7.03. The molecule has 2 heterocycles. The highest BCUT2D eigenvalue weighted by molar-refractivity contribution is 9.10. The Labute approximate surface area is 155 Å². The number of aromatic nitrogens is 4. The molecule has 9 heteroatoms. The van der Waals surface area contributed by atoms with Crippen LogP contribution in [0.15, 0.2) is 32.3 Å². The molecule has 3 aromatic rings. The van der Waals surface area contributed by atoms with Crippen LogP contribution in [0.1, 0.15) is 22.8 Å². The summed E-state index contributed by atoms with van der Waals surface area (Å²) in [6.45, 7) is 4.26. The monoisotopic (exact) mass is 430 g/mol. The molecule has 0 saturated heterocycles. The summed E-state index contributed by atoms with van der Waals surface area (Å²) in [7, 11) is 0. The number of rotatable bonds is 5. The summed E-state index contributed by atoms with van der Waals surface area (Å²) in [4.78, 5) is 0. The maximum absolute atomic E-state index is 13.9. The van der Waals surface area contributed by atoms with Gasteiger partial charge in [0.15, 0.2) is 0 Å². The van der Waals surface area contributed by atoms with E-state index in [-0.39, 0.29) is 5.02 Å². The zero-order chi connectivity index (χ0) is 17.3. The van der Waals surface area contributed by atoms with E-state index >= 15 is 0 Å². The average Bonchev–Trinajstić information content (AvgIpc) is 3.10. The smallest absolute Gasteiger partial charge is 0.276 e. The van der Waals surface area contributed by atoms with E-state index in [1.165, 1.54) is 17.8 Å². The van der Waals surface area contributed by atoms with E-state index < -0.39 is 5.82 Å². The van der Waals surface area contributed by atoms with E-state index in [1.54, 1.807) is 16.8 Å². The Morgan fingerprint density at radius 2 is 2.12 bits per heavy atom. The number of hydrogen-bond donors (Lipinski definition) is 0. The van der Waals surface area contributed by atoms with Crippen LogP contribution in [0.25, 0.3) is 0 Å². The summed E-state index contributed by atoms with van der Waals surface area (Å²) in [5.41, 5.74) is 2.38. The third kappa shape index (κ3) is 3.65. The maximum atomic E-state index is 13.9. The fourth-order valence-electron chi connectivity index (χ4n) is 2.12. The van der Waals surface area contributed by atoms with Gasteiger partial charge >= 0.3 is 0 Å². The topological polar surface area (TPSA) is 56.7 Å². The van der Waals surface area contributed by atoms with Crippen molar-refractivity contribution in [1.82, 2.24) is 20.0 Å². The van der Waals surface area contributed by atoms with E-state index in [2.05, 4.69) is 31.2 Å². The summed E-state index contributed by atoms with van der Waals surface area (Å²) >= 11 is 10.5. The Kier molecular flexibility index (Phi) is 5.27. The lowest BCUT2D eigenvalue weighted by molar-refractivity contribution is 0.396. The molecule has 2 aromatic heterocycles. The molecule has 0 bridgehead atoms. The first-order valence-corrected chi connectivity index (χ1v) is 9.19. The summed E-state index contributed by atoms with van der Waals surface area (Å²) < 4.78 is 22.2. The van der Waals surface area contributed by atoms with Crippen molar-refractivity contribution < 1.29 is 8.81 Å². The van der Waals surface area contributed by atoms with Crippen LogP contribution in [0.2, 0.25) is 5.02 Å².